The first kappa shape index (κ1) is 28.2. The third-order valence-electron chi connectivity index (χ3n) is 5.68. The molecule has 2 rings (SSSR count). The number of carbonyl (C=O) groups is 2. The Hall–Kier alpha value is -1.88. The van der Waals surface area contributed by atoms with Gasteiger partial charge in [0.1, 0.15) is 0 Å². The fourth-order valence-electron chi connectivity index (χ4n) is 3.89. The number of hydrogen-bond acceptors (Lipinski definition) is 4. The van der Waals surface area contributed by atoms with E-state index in [1.165, 1.54) is 25.7 Å². The number of rotatable bonds is 12. The molecule has 0 heterocycles. The third-order valence-corrected chi connectivity index (χ3v) is 5.68. The minimum absolute atomic E-state index is 0. The first-order chi connectivity index (χ1) is 15.0. The number of carbonyl (C=O) groups excluding carboxylic acids is 2. The summed E-state index contributed by atoms with van der Waals surface area (Å²) in [7, 11) is 0. The Kier molecular flexibility index (Phi) is 13.2. The third kappa shape index (κ3) is 9.72. The van der Waals surface area contributed by atoms with Crippen LogP contribution in [-0.2, 0) is 16.1 Å². The lowest BCUT2D eigenvalue weighted by molar-refractivity contribution is -0.117. The van der Waals surface area contributed by atoms with Crippen molar-refractivity contribution >= 4 is 41.8 Å². The summed E-state index contributed by atoms with van der Waals surface area (Å²) < 4.78 is 5.61. The summed E-state index contributed by atoms with van der Waals surface area (Å²) in [5, 5.41) is 9.33. The van der Waals surface area contributed by atoms with Crippen molar-refractivity contribution in [2.45, 2.75) is 52.5 Å². The van der Waals surface area contributed by atoms with Crippen molar-refractivity contribution in [3.63, 3.8) is 0 Å². The van der Waals surface area contributed by atoms with Crippen LogP contribution in [0.25, 0.3) is 0 Å². The molecular formula is C23H38IN5O3. The maximum atomic E-state index is 12.0. The number of nitrogens with zero attached hydrogens (tertiary/aromatic N) is 1. The molecule has 32 heavy (non-hydrogen) atoms. The average molecular weight is 559 g/mol. The molecule has 1 aliphatic rings. The van der Waals surface area contributed by atoms with Crippen molar-refractivity contribution in [3.8, 4) is 0 Å². The molecule has 1 aromatic rings. The molecule has 8 nitrogen and oxygen atoms in total. The SMILES string of the molecule is CCNC(=NCc1ccc(C(=O)NCC(N)=O)cc1)NCC1(CCOCC)CCCC1.I. The maximum Gasteiger partial charge on any atom is 0.251 e. The van der Waals surface area contributed by atoms with Crippen molar-refractivity contribution in [3.05, 3.63) is 35.4 Å². The molecule has 0 radical (unpaired) electrons. The molecule has 1 fully saturated rings. The van der Waals surface area contributed by atoms with E-state index in [1.54, 1.807) is 12.1 Å². The van der Waals surface area contributed by atoms with E-state index in [0.717, 1.165) is 44.2 Å². The van der Waals surface area contributed by atoms with Gasteiger partial charge in [-0.25, -0.2) is 4.99 Å². The quantitative estimate of drug-likeness (QED) is 0.136. The van der Waals surface area contributed by atoms with Crippen LogP contribution in [0.4, 0.5) is 0 Å². The minimum atomic E-state index is -0.569. The molecule has 180 valence electrons. The molecule has 0 bridgehead atoms. The van der Waals surface area contributed by atoms with Crippen LogP contribution in [0.15, 0.2) is 29.3 Å². The number of aliphatic imine (C=N–C) groups is 1. The highest BCUT2D eigenvalue weighted by Gasteiger charge is 2.33. The Morgan fingerprint density at radius 1 is 1.09 bits per heavy atom. The highest BCUT2D eigenvalue weighted by Crippen LogP contribution is 2.40. The van der Waals surface area contributed by atoms with Gasteiger partial charge < -0.3 is 26.4 Å². The zero-order valence-electron chi connectivity index (χ0n) is 19.2. The minimum Gasteiger partial charge on any atom is -0.382 e. The lowest BCUT2D eigenvalue weighted by Crippen LogP contribution is -2.43. The predicted molar refractivity (Wildman–Crippen MR) is 138 cm³/mol. The van der Waals surface area contributed by atoms with Crippen LogP contribution in [-0.4, -0.2) is 50.6 Å². The molecule has 0 atom stereocenters. The van der Waals surface area contributed by atoms with Crippen molar-refractivity contribution in [1.29, 1.82) is 0 Å². The number of benzene rings is 1. The number of nitrogens with two attached hydrogens (primary N) is 1. The fourth-order valence-corrected chi connectivity index (χ4v) is 3.89. The molecule has 0 aliphatic heterocycles. The van der Waals surface area contributed by atoms with Crippen LogP contribution in [0.3, 0.4) is 0 Å². The van der Waals surface area contributed by atoms with E-state index in [4.69, 9.17) is 15.5 Å². The van der Waals surface area contributed by atoms with E-state index < -0.39 is 5.91 Å². The van der Waals surface area contributed by atoms with Gasteiger partial charge in [0, 0.05) is 31.9 Å². The Bertz CT molecular complexity index is 734. The van der Waals surface area contributed by atoms with Gasteiger partial charge in [0.2, 0.25) is 5.91 Å². The van der Waals surface area contributed by atoms with Gasteiger partial charge in [0.15, 0.2) is 5.96 Å². The zero-order valence-corrected chi connectivity index (χ0v) is 21.6. The highest BCUT2D eigenvalue weighted by atomic mass is 127. The smallest absolute Gasteiger partial charge is 0.251 e. The number of nitrogens with one attached hydrogen (secondary N) is 3. The molecule has 2 amide bonds. The number of amides is 2. The number of hydrogen-bond donors (Lipinski definition) is 4. The van der Waals surface area contributed by atoms with E-state index in [-0.39, 0.29) is 41.8 Å². The molecule has 0 saturated heterocycles. The van der Waals surface area contributed by atoms with E-state index in [2.05, 4.69) is 22.9 Å². The van der Waals surface area contributed by atoms with Gasteiger partial charge in [0.05, 0.1) is 13.1 Å². The van der Waals surface area contributed by atoms with E-state index in [0.29, 0.717) is 12.1 Å². The van der Waals surface area contributed by atoms with Gasteiger partial charge in [-0.1, -0.05) is 25.0 Å². The van der Waals surface area contributed by atoms with Gasteiger partial charge in [-0.3, -0.25) is 9.59 Å². The second-order valence-electron chi connectivity index (χ2n) is 8.05. The normalized spacial score (nSPS) is 15.0. The van der Waals surface area contributed by atoms with Gasteiger partial charge >= 0.3 is 0 Å². The van der Waals surface area contributed by atoms with Gasteiger partial charge in [-0.05, 0) is 56.2 Å². The lowest BCUT2D eigenvalue weighted by atomic mass is 9.83. The van der Waals surface area contributed by atoms with Gasteiger partial charge in [-0.2, -0.15) is 0 Å². The molecule has 1 saturated carbocycles. The topological polar surface area (TPSA) is 118 Å². The first-order valence-electron chi connectivity index (χ1n) is 11.2. The molecule has 0 aromatic heterocycles. The monoisotopic (exact) mass is 559 g/mol. The molecular weight excluding hydrogens is 521 g/mol. The van der Waals surface area contributed by atoms with Crippen molar-refractivity contribution in [1.82, 2.24) is 16.0 Å². The first-order valence-corrected chi connectivity index (χ1v) is 11.2. The Labute approximate surface area is 208 Å². The summed E-state index contributed by atoms with van der Waals surface area (Å²) in [6, 6.07) is 7.19. The summed E-state index contributed by atoms with van der Waals surface area (Å²) in [4.78, 5) is 27.5. The van der Waals surface area contributed by atoms with Crippen molar-refractivity contribution in [2.75, 3.05) is 32.8 Å². The summed E-state index contributed by atoms with van der Waals surface area (Å²) >= 11 is 0. The van der Waals surface area contributed by atoms with Crippen LogP contribution < -0.4 is 21.7 Å². The Morgan fingerprint density at radius 2 is 1.78 bits per heavy atom. The van der Waals surface area contributed by atoms with E-state index >= 15 is 0 Å². The Morgan fingerprint density at radius 3 is 2.38 bits per heavy atom. The standard InChI is InChI=1S/C23H37N5O3.HI/c1-3-25-22(28-17-23(11-5-6-12-23)13-14-31-4-2)27-15-18-7-9-19(10-8-18)21(30)26-16-20(24)29;/h7-10H,3-6,11-17H2,1-2H3,(H2,24,29)(H,26,30)(H2,25,27,28);1H. The fraction of sp³-hybridized carbons (Fsp3) is 0.609. The highest BCUT2D eigenvalue weighted by molar-refractivity contribution is 14.0. The largest absolute Gasteiger partial charge is 0.382 e. The number of halogens is 1. The predicted octanol–water partition coefficient (Wildman–Crippen LogP) is 2.56. The van der Waals surface area contributed by atoms with Crippen LogP contribution >= 0.6 is 24.0 Å². The van der Waals surface area contributed by atoms with Crippen molar-refractivity contribution in [2.24, 2.45) is 16.1 Å². The molecule has 1 aliphatic carbocycles. The molecule has 5 N–H and O–H groups in total. The maximum absolute atomic E-state index is 12.0. The van der Waals surface area contributed by atoms with E-state index in [9.17, 15) is 9.59 Å². The van der Waals surface area contributed by atoms with Gasteiger partial charge in [-0.15, -0.1) is 24.0 Å². The number of guanidine groups is 1. The second-order valence-corrected chi connectivity index (χ2v) is 8.05. The molecule has 9 heteroatoms. The Balaban J connectivity index is 0.00000512. The number of ether oxygens (including phenoxy) is 1. The van der Waals surface area contributed by atoms with E-state index in [1.807, 2.05) is 19.1 Å². The van der Waals surface area contributed by atoms with Crippen LogP contribution in [0.2, 0.25) is 0 Å². The summed E-state index contributed by atoms with van der Waals surface area (Å²) in [6.07, 6.45) is 6.09. The van der Waals surface area contributed by atoms with Crippen molar-refractivity contribution < 1.29 is 14.3 Å². The summed E-state index contributed by atoms with van der Waals surface area (Å²) in [5.74, 6) is -0.0914. The number of primary amides is 1. The average Bonchev–Trinajstić information content (AvgIpc) is 3.23. The second kappa shape index (κ2) is 15.0. The summed E-state index contributed by atoms with van der Waals surface area (Å²) in [6.45, 7) is 7.68. The zero-order chi connectivity index (χ0) is 22.5. The van der Waals surface area contributed by atoms with Crippen LogP contribution in [0.5, 0.6) is 0 Å². The summed E-state index contributed by atoms with van der Waals surface area (Å²) in [5.41, 5.74) is 6.81. The molecule has 1 aromatic carbocycles. The molecule has 0 spiro atoms. The van der Waals surface area contributed by atoms with Gasteiger partial charge in [0.25, 0.3) is 5.91 Å². The van der Waals surface area contributed by atoms with Crippen LogP contribution in [0, 0.1) is 5.41 Å². The molecule has 0 unspecified atom stereocenters. The van der Waals surface area contributed by atoms with Crippen LogP contribution in [0.1, 0.15) is 61.9 Å². The lowest BCUT2D eigenvalue weighted by Gasteiger charge is -2.30.